The predicted octanol–water partition coefficient (Wildman–Crippen LogP) is 1.77. The molecule has 0 spiro atoms. The maximum absolute atomic E-state index is 11.6. The van der Waals surface area contributed by atoms with Gasteiger partial charge in [0.15, 0.2) is 0 Å². The zero-order valence-corrected chi connectivity index (χ0v) is 11.4. The van der Waals surface area contributed by atoms with Crippen LogP contribution < -0.4 is 5.32 Å². The van der Waals surface area contributed by atoms with Gasteiger partial charge in [-0.3, -0.25) is 0 Å². The highest BCUT2D eigenvalue weighted by molar-refractivity contribution is 5.68. The Morgan fingerprint density at radius 2 is 2.00 bits per heavy atom. The summed E-state index contributed by atoms with van der Waals surface area (Å²) in [5, 5.41) is 12.8. The average Bonchev–Trinajstić information content (AvgIpc) is 2.19. The Morgan fingerprint density at radius 1 is 1.44 bits per heavy atom. The van der Waals surface area contributed by atoms with Crippen molar-refractivity contribution in [2.24, 2.45) is 0 Å². The molecule has 0 heterocycles. The number of carbonyl (C=O) groups is 2. The molecule has 0 unspecified atom stereocenters. The molecular weight excluding hydrogens is 234 g/mol. The van der Waals surface area contributed by atoms with Crippen LogP contribution in [0.3, 0.4) is 0 Å². The van der Waals surface area contributed by atoms with E-state index in [0.717, 1.165) is 6.29 Å². The molecule has 18 heavy (non-hydrogen) atoms. The van der Waals surface area contributed by atoms with Crippen molar-refractivity contribution in [3.8, 4) is 0 Å². The van der Waals surface area contributed by atoms with Gasteiger partial charge in [0.05, 0.1) is 5.60 Å². The van der Waals surface area contributed by atoms with Crippen molar-refractivity contribution in [1.82, 2.24) is 5.32 Å². The number of hydrogen-bond acceptors (Lipinski definition) is 4. The van der Waals surface area contributed by atoms with Crippen molar-refractivity contribution in [2.75, 3.05) is 0 Å². The molecule has 0 aromatic carbocycles. The number of hydrogen-bond donors (Lipinski definition) is 2. The standard InChI is InChI=1S/C13H23NO4/c1-12(2,3)18-11(16)14-10-4-6-13(17,7-5-10)8-9-15/h9-10,17H,4-8H2,1-3H3,(H,14,16). The molecular formula is C13H23NO4. The largest absolute Gasteiger partial charge is 0.444 e. The molecule has 1 aliphatic rings. The lowest BCUT2D eigenvalue weighted by Crippen LogP contribution is -2.45. The quantitative estimate of drug-likeness (QED) is 0.756. The fraction of sp³-hybridized carbons (Fsp3) is 0.846. The first kappa shape index (κ1) is 15.0. The molecule has 0 aliphatic heterocycles. The zero-order valence-electron chi connectivity index (χ0n) is 11.4. The number of aldehydes is 1. The van der Waals surface area contributed by atoms with Gasteiger partial charge in [-0.25, -0.2) is 4.79 Å². The van der Waals surface area contributed by atoms with Crippen LogP contribution in [-0.4, -0.2) is 34.7 Å². The highest BCUT2D eigenvalue weighted by Crippen LogP contribution is 2.30. The predicted molar refractivity (Wildman–Crippen MR) is 67.3 cm³/mol. The summed E-state index contributed by atoms with van der Waals surface area (Å²) in [5.74, 6) is 0. The first-order valence-electron chi connectivity index (χ1n) is 6.40. The lowest BCUT2D eigenvalue weighted by Gasteiger charge is -2.35. The molecule has 5 heteroatoms. The van der Waals surface area contributed by atoms with Gasteiger partial charge in [0.2, 0.25) is 0 Å². The normalized spacial score (nSPS) is 28.6. The van der Waals surface area contributed by atoms with Crippen molar-refractivity contribution in [2.45, 2.75) is 70.1 Å². The average molecular weight is 257 g/mol. The Morgan fingerprint density at radius 3 is 2.44 bits per heavy atom. The Bertz CT molecular complexity index is 301. The van der Waals surface area contributed by atoms with Gasteiger partial charge in [-0.1, -0.05) is 0 Å². The SMILES string of the molecule is CC(C)(C)OC(=O)NC1CCC(O)(CC=O)CC1. The number of ether oxygens (including phenoxy) is 1. The van der Waals surface area contributed by atoms with Gasteiger partial charge >= 0.3 is 6.09 Å². The summed E-state index contributed by atoms with van der Waals surface area (Å²) in [4.78, 5) is 22.0. The molecule has 0 aromatic heterocycles. The molecule has 1 saturated carbocycles. The van der Waals surface area contributed by atoms with Gasteiger partial charge < -0.3 is 20.0 Å². The smallest absolute Gasteiger partial charge is 0.407 e. The van der Waals surface area contributed by atoms with Gasteiger partial charge in [0.25, 0.3) is 0 Å². The number of rotatable bonds is 3. The molecule has 1 amide bonds. The third-order valence-electron chi connectivity index (χ3n) is 3.10. The summed E-state index contributed by atoms with van der Waals surface area (Å²) in [6.07, 6.45) is 2.91. The van der Waals surface area contributed by atoms with Crippen LogP contribution in [0.1, 0.15) is 52.9 Å². The molecule has 1 aliphatic carbocycles. The van der Waals surface area contributed by atoms with Crippen LogP contribution in [0.15, 0.2) is 0 Å². The minimum Gasteiger partial charge on any atom is -0.444 e. The van der Waals surface area contributed by atoms with Crippen molar-refractivity contribution in [3.63, 3.8) is 0 Å². The fourth-order valence-electron chi connectivity index (χ4n) is 2.13. The van der Waals surface area contributed by atoms with E-state index >= 15 is 0 Å². The number of alkyl carbamates (subject to hydrolysis) is 1. The van der Waals surface area contributed by atoms with Crippen LogP contribution in [0, 0.1) is 0 Å². The Hall–Kier alpha value is -1.10. The molecule has 1 fully saturated rings. The highest BCUT2D eigenvalue weighted by atomic mass is 16.6. The highest BCUT2D eigenvalue weighted by Gasteiger charge is 2.33. The second-order valence-corrected chi connectivity index (χ2v) is 6.02. The monoisotopic (exact) mass is 257 g/mol. The van der Waals surface area contributed by atoms with Gasteiger partial charge in [0.1, 0.15) is 11.9 Å². The van der Waals surface area contributed by atoms with Crippen molar-refractivity contribution in [3.05, 3.63) is 0 Å². The summed E-state index contributed by atoms with van der Waals surface area (Å²) < 4.78 is 5.17. The van der Waals surface area contributed by atoms with Gasteiger partial charge in [-0.05, 0) is 46.5 Å². The Balaban J connectivity index is 2.35. The topological polar surface area (TPSA) is 75.6 Å². The fourth-order valence-corrected chi connectivity index (χ4v) is 2.13. The minimum atomic E-state index is -0.881. The first-order chi connectivity index (χ1) is 8.24. The second kappa shape index (κ2) is 5.69. The molecule has 0 saturated heterocycles. The molecule has 0 atom stereocenters. The molecule has 5 nitrogen and oxygen atoms in total. The summed E-state index contributed by atoms with van der Waals surface area (Å²) in [6.45, 7) is 5.45. The third kappa shape index (κ3) is 5.04. The summed E-state index contributed by atoms with van der Waals surface area (Å²) in [6, 6.07) is 0.0202. The van der Waals surface area contributed by atoms with Gasteiger partial charge in [0, 0.05) is 12.5 Å². The van der Waals surface area contributed by atoms with Crippen LogP contribution in [0.25, 0.3) is 0 Å². The summed E-state index contributed by atoms with van der Waals surface area (Å²) in [5.41, 5.74) is -1.38. The summed E-state index contributed by atoms with van der Waals surface area (Å²) in [7, 11) is 0. The Kier molecular flexibility index (Phi) is 4.73. The third-order valence-corrected chi connectivity index (χ3v) is 3.10. The number of carbonyl (C=O) groups excluding carboxylic acids is 2. The van der Waals surface area contributed by atoms with Gasteiger partial charge in [-0.15, -0.1) is 0 Å². The summed E-state index contributed by atoms with van der Waals surface area (Å²) >= 11 is 0. The molecule has 104 valence electrons. The second-order valence-electron chi connectivity index (χ2n) is 6.02. The maximum Gasteiger partial charge on any atom is 0.407 e. The van der Waals surface area contributed by atoms with Crippen LogP contribution in [0.5, 0.6) is 0 Å². The van der Waals surface area contributed by atoms with E-state index in [9.17, 15) is 14.7 Å². The molecule has 2 N–H and O–H groups in total. The van der Waals surface area contributed by atoms with Crippen LogP contribution in [0.4, 0.5) is 4.79 Å². The zero-order chi connectivity index (χ0) is 13.8. The molecule has 0 bridgehead atoms. The minimum absolute atomic E-state index is 0.0202. The lowest BCUT2D eigenvalue weighted by molar-refractivity contribution is -0.113. The number of aliphatic hydroxyl groups is 1. The van der Waals surface area contributed by atoms with Crippen LogP contribution >= 0.6 is 0 Å². The first-order valence-corrected chi connectivity index (χ1v) is 6.40. The van der Waals surface area contributed by atoms with Crippen molar-refractivity contribution in [1.29, 1.82) is 0 Å². The van der Waals surface area contributed by atoms with E-state index in [0.29, 0.717) is 25.7 Å². The van der Waals surface area contributed by atoms with E-state index in [4.69, 9.17) is 4.74 Å². The molecule has 0 aromatic rings. The van der Waals surface area contributed by atoms with Gasteiger partial charge in [-0.2, -0.15) is 0 Å². The van der Waals surface area contributed by atoms with E-state index in [2.05, 4.69) is 5.32 Å². The molecule has 1 rings (SSSR count). The number of amides is 1. The molecule has 0 radical (unpaired) electrons. The van der Waals surface area contributed by atoms with E-state index in [-0.39, 0.29) is 12.5 Å². The number of nitrogens with one attached hydrogen (secondary N) is 1. The van der Waals surface area contributed by atoms with E-state index < -0.39 is 17.3 Å². The Labute approximate surface area is 108 Å². The van der Waals surface area contributed by atoms with Crippen molar-refractivity contribution < 1.29 is 19.4 Å². The maximum atomic E-state index is 11.6. The van der Waals surface area contributed by atoms with E-state index in [1.54, 1.807) is 0 Å². The van der Waals surface area contributed by atoms with Crippen LogP contribution in [0.2, 0.25) is 0 Å². The van der Waals surface area contributed by atoms with E-state index in [1.165, 1.54) is 0 Å². The lowest BCUT2D eigenvalue weighted by atomic mass is 9.80. The van der Waals surface area contributed by atoms with Crippen LogP contribution in [-0.2, 0) is 9.53 Å². The van der Waals surface area contributed by atoms with Crippen molar-refractivity contribution >= 4 is 12.4 Å². The van der Waals surface area contributed by atoms with E-state index in [1.807, 2.05) is 20.8 Å².